The van der Waals surface area contributed by atoms with Crippen molar-refractivity contribution < 1.29 is 23.7 Å². The fourth-order valence-corrected chi connectivity index (χ4v) is 5.61. The average Bonchev–Trinajstić information content (AvgIpc) is 3.33. The number of anilines is 1. The Balaban J connectivity index is 1.21. The Bertz CT molecular complexity index is 1240. The molecule has 3 fully saturated rings. The van der Waals surface area contributed by atoms with Crippen LogP contribution in [0.25, 0.3) is 11.3 Å². The zero-order valence-corrected chi connectivity index (χ0v) is 21.8. The van der Waals surface area contributed by atoms with Crippen LogP contribution in [0.4, 0.5) is 10.5 Å². The molecule has 4 atom stereocenters. The maximum atomic E-state index is 12.4. The van der Waals surface area contributed by atoms with E-state index in [1.165, 1.54) is 5.69 Å². The smallest absolute Gasteiger partial charge is 0.411 e. The van der Waals surface area contributed by atoms with Gasteiger partial charge >= 0.3 is 6.09 Å². The zero-order valence-electron chi connectivity index (χ0n) is 21.8. The number of amides is 1. The maximum Gasteiger partial charge on any atom is 0.411 e. The summed E-state index contributed by atoms with van der Waals surface area (Å²) in [5.41, 5.74) is 3.83. The maximum absolute atomic E-state index is 12.4. The van der Waals surface area contributed by atoms with Crippen molar-refractivity contribution in [3.63, 3.8) is 0 Å². The molecule has 2 aromatic carbocycles. The predicted molar refractivity (Wildman–Crippen MR) is 141 cm³/mol. The first-order valence-corrected chi connectivity index (χ1v) is 12.6. The number of carbonyl (C=O) groups excluding carboxylic acids is 1. The minimum atomic E-state index is -0.435. The highest BCUT2D eigenvalue weighted by atomic mass is 16.5. The van der Waals surface area contributed by atoms with Gasteiger partial charge < -0.3 is 18.9 Å². The first-order chi connectivity index (χ1) is 18.0. The molecule has 3 aliphatic heterocycles. The third kappa shape index (κ3) is 5.22. The van der Waals surface area contributed by atoms with Crippen molar-refractivity contribution in [2.45, 2.75) is 24.8 Å². The molecule has 1 aromatic heterocycles. The van der Waals surface area contributed by atoms with Crippen LogP contribution in [0.1, 0.15) is 24.5 Å². The Morgan fingerprint density at radius 3 is 2.49 bits per heavy atom. The molecule has 196 valence electrons. The number of rotatable bonds is 8. The first kappa shape index (κ1) is 25.0. The number of ether oxygens (including phenoxy) is 4. The lowest BCUT2D eigenvalue weighted by Gasteiger charge is -2.49. The van der Waals surface area contributed by atoms with E-state index in [9.17, 15) is 4.79 Å². The minimum Gasteiger partial charge on any atom is -0.497 e. The van der Waals surface area contributed by atoms with Gasteiger partial charge in [0.05, 0.1) is 27.0 Å². The van der Waals surface area contributed by atoms with E-state index in [0.29, 0.717) is 35.6 Å². The molecule has 4 heterocycles. The van der Waals surface area contributed by atoms with E-state index in [1.54, 1.807) is 45.6 Å². The second-order valence-electron chi connectivity index (χ2n) is 9.64. The van der Waals surface area contributed by atoms with Gasteiger partial charge in [-0.05, 0) is 73.8 Å². The highest BCUT2D eigenvalue weighted by molar-refractivity contribution is 5.84. The summed E-state index contributed by atoms with van der Waals surface area (Å²) in [6.07, 6.45) is 1.70. The molecule has 2 bridgehead atoms. The van der Waals surface area contributed by atoms with Gasteiger partial charge in [-0.2, -0.15) is 5.10 Å². The lowest BCUT2D eigenvalue weighted by atomic mass is 9.74. The zero-order chi connectivity index (χ0) is 25.9. The Morgan fingerprint density at radius 2 is 1.81 bits per heavy atom. The predicted octanol–water partition coefficient (Wildman–Crippen LogP) is 4.54. The number of methoxy groups -OCH3 is 3. The molecule has 9 nitrogen and oxygen atoms in total. The molecule has 9 heteroatoms. The minimum absolute atomic E-state index is 0.232. The third-order valence-corrected chi connectivity index (χ3v) is 7.60. The molecule has 1 amide bonds. The lowest BCUT2D eigenvalue weighted by Crippen LogP contribution is -2.54. The van der Waals surface area contributed by atoms with Gasteiger partial charge in [0, 0.05) is 42.5 Å². The fourth-order valence-electron chi connectivity index (χ4n) is 5.61. The highest BCUT2D eigenvalue weighted by Gasteiger charge is 2.42. The SMILES string of the molecule is COc1ccc(NC(=O)OC[C@H]2C[C@@H]3CCN2C[C@H]3c2cc(-c3ccc(OC)c(OC)c3)nn2C)cc1. The molecule has 3 aromatic rings. The summed E-state index contributed by atoms with van der Waals surface area (Å²) in [7, 11) is 6.90. The summed E-state index contributed by atoms with van der Waals surface area (Å²) in [6, 6.07) is 15.5. The number of nitrogens with zero attached hydrogens (tertiary/aromatic N) is 3. The normalized spacial score (nSPS) is 22.4. The Labute approximate surface area is 217 Å². The van der Waals surface area contributed by atoms with Gasteiger partial charge in [0.15, 0.2) is 11.5 Å². The molecule has 1 N–H and O–H groups in total. The van der Waals surface area contributed by atoms with Crippen molar-refractivity contribution in [2.75, 3.05) is 46.3 Å². The van der Waals surface area contributed by atoms with E-state index in [2.05, 4.69) is 16.3 Å². The van der Waals surface area contributed by atoms with E-state index < -0.39 is 6.09 Å². The first-order valence-electron chi connectivity index (χ1n) is 12.6. The van der Waals surface area contributed by atoms with Crippen LogP contribution >= 0.6 is 0 Å². The van der Waals surface area contributed by atoms with Crippen molar-refractivity contribution in [3.8, 4) is 28.5 Å². The number of benzene rings is 2. The number of aromatic nitrogens is 2. The van der Waals surface area contributed by atoms with Crippen molar-refractivity contribution in [2.24, 2.45) is 13.0 Å². The van der Waals surface area contributed by atoms with Gasteiger partial charge in [0.1, 0.15) is 12.4 Å². The Morgan fingerprint density at radius 1 is 1.03 bits per heavy atom. The van der Waals surface area contributed by atoms with Crippen molar-refractivity contribution in [3.05, 3.63) is 54.2 Å². The van der Waals surface area contributed by atoms with Crippen LogP contribution in [0, 0.1) is 5.92 Å². The number of hydrogen-bond donors (Lipinski definition) is 1. The number of piperidine rings is 3. The number of aryl methyl sites for hydroxylation is 1. The molecular formula is C28H34N4O5. The molecule has 37 heavy (non-hydrogen) atoms. The third-order valence-electron chi connectivity index (χ3n) is 7.60. The number of carbonyl (C=O) groups is 1. The van der Waals surface area contributed by atoms with Gasteiger partial charge in [-0.25, -0.2) is 4.79 Å². The van der Waals surface area contributed by atoms with E-state index in [-0.39, 0.29) is 6.04 Å². The molecule has 0 spiro atoms. The number of nitrogens with one attached hydrogen (secondary N) is 1. The molecule has 0 aliphatic carbocycles. The van der Waals surface area contributed by atoms with Gasteiger partial charge in [-0.15, -0.1) is 0 Å². The molecule has 6 rings (SSSR count). The summed E-state index contributed by atoms with van der Waals surface area (Å²) in [4.78, 5) is 14.8. The monoisotopic (exact) mass is 506 g/mol. The Kier molecular flexibility index (Phi) is 7.23. The molecule has 3 aliphatic rings. The second-order valence-corrected chi connectivity index (χ2v) is 9.64. The van der Waals surface area contributed by atoms with E-state index in [0.717, 1.165) is 42.9 Å². The summed E-state index contributed by atoms with van der Waals surface area (Å²) >= 11 is 0. The molecule has 1 unspecified atom stereocenters. The van der Waals surface area contributed by atoms with Crippen LogP contribution in [-0.4, -0.2) is 67.8 Å². The van der Waals surface area contributed by atoms with Crippen molar-refractivity contribution in [1.82, 2.24) is 14.7 Å². The average molecular weight is 507 g/mol. The Hall–Kier alpha value is -3.72. The van der Waals surface area contributed by atoms with Crippen LogP contribution in [0.15, 0.2) is 48.5 Å². The molecule has 3 saturated heterocycles. The van der Waals surface area contributed by atoms with E-state index in [1.807, 2.05) is 29.9 Å². The van der Waals surface area contributed by atoms with Crippen LogP contribution in [0.3, 0.4) is 0 Å². The van der Waals surface area contributed by atoms with Gasteiger partial charge in [-0.3, -0.25) is 14.9 Å². The molecular weight excluding hydrogens is 472 g/mol. The topological polar surface area (TPSA) is 87.1 Å². The van der Waals surface area contributed by atoms with Crippen molar-refractivity contribution in [1.29, 1.82) is 0 Å². The summed E-state index contributed by atoms with van der Waals surface area (Å²) in [5, 5.41) is 7.61. The molecule has 0 saturated carbocycles. The number of fused-ring (bicyclic) bond motifs is 3. The van der Waals surface area contributed by atoms with Crippen LogP contribution in [-0.2, 0) is 11.8 Å². The van der Waals surface area contributed by atoms with E-state index >= 15 is 0 Å². The summed E-state index contributed by atoms with van der Waals surface area (Å²) in [6.45, 7) is 2.34. The second kappa shape index (κ2) is 10.7. The van der Waals surface area contributed by atoms with Crippen molar-refractivity contribution >= 4 is 11.8 Å². The molecule has 0 radical (unpaired) electrons. The summed E-state index contributed by atoms with van der Waals surface area (Å²) in [5.74, 6) is 3.05. The highest BCUT2D eigenvalue weighted by Crippen LogP contribution is 2.43. The largest absolute Gasteiger partial charge is 0.497 e. The lowest BCUT2D eigenvalue weighted by molar-refractivity contribution is -0.00222. The standard InChI is InChI=1S/C28H34N4O5/c1-31-25(15-24(30-31)19-5-10-26(35-3)27(14-19)36-4)23-16-32-12-11-18(23)13-21(32)17-37-28(33)29-20-6-8-22(34-2)9-7-20/h5-10,14-15,18,21,23H,11-13,16-17H2,1-4H3,(H,29,33)/t18-,21+,23+/m0/s1. The van der Waals surface area contributed by atoms with E-state index in [4.69, 9.17) is 24.0 Å². The van der Waals surface area contributed by atoms with Crippen LogP contribution < -0.4 is 19.5 Å². The fraction of sp³-hybridized carbons (Fsp3) is 0.429. The van der Waals surface area contributed by atoms with Gasteiger partial charge in [0.25, 0.3) is 0 Å². The summed E-state index contributed by atoms with van der Waals surface area (Å²) < 4.78 is 23.6. The van der Waals surface area contributed by atoms with Gasteiger partial charge in [0.2, 0.25) is 0 Å². The number of hydrogen-bond acceptors (Lipinski definition) is 7. The van der Waals surface area contributed by atoms with Crippen LogP contribution in [0.2, 0.25) is 0 Å². The quantitative estimate of drug-likeness (QED) is 0.480. The van der Waals surface area contributed by atoms with Crippen LogP contribution in [0.5, 0.6) is 17.2 Å². The van der Waals surface area contributed by atoms with Gasteiger partial charge in [-0.1, -0.05) is 0 Å².